The second kappa shape index (κ2) is 8.45. The largest absolute Gasteiger partial charge is 0.486 e. The minimum atomic E-state index is -3.58. The number of thiazole rings is 1. The van der Waals surface area contributed by atoms with Crippen LogP contribution in [-0.4, -0.2) is 49.5 Å². The number of aryl methyl sites for hydroxylation is 1. The van der Waals surface area contributed by atoms with Crippen molar-refractivity contribution in [3.63, 3.8) is 0 Å². The van der Waals surface area contributed by atoms with E-state index in [0.717, 1.165) is 21.6 Å². The van der Waals surface area contributed by atoms with Crippen molar-refractivity contribution in [1.82, 2.24) is 8.87 Å². The van der Waals surface area contributed by atoms with Crippen LogP contribution in [0.25, 0.3) is 10.2 Å². The average molecular weight is 514 g/mol. The zero-order valence-electron chi connectivity index (χ0n) is 17.1. The van der Waals surface area contributed by atoms with Gasteiger partial charge >= 0.3 is 0 Å². The maximum Gasteiger partial charge on any atom is 0.252 e. The predicted octanol–water partition coefficient (Wildman–Crippen LogP) is 3.25. The number of fused-ring (bicyclic) bond motifs is 2. The van der Waals surface area contributed by atoms with Gasteiger partial charge in [-0.3, -0.25) is 4.79 Å². The topological polar surface area (TPSA) is 90.2 Å². The molecule has 0 atom stereocenters. The van der Waals surface area contributed by atoms with Gasteiger partial charge in [-0.05, 0) is 25.0 Å². The van der Waals surface area contributed by atoms with Crippen molar-refractivity contribution in [3.05, 3.63) is 33.4 Å². The third-order valence-corrected chi connectivity index (χ3v) is 10.3. The van der Waals surface area contributed by atoms with Crippen molar-refractivity contribution in [3.8, 4) is 11.5 Å². The first-order valence-electron chi connectivity index (χ1n) is 10.1. The third-order valence-electron chi connectivity index (χ3n) is 5.62. The molecule has 2 aliphatic heterocycles. The molecule has 1 saturated heterocycles. The van der Waals surface area contributed by atoms with Gasteiger partial charge in [-0.1, -0.05) is 22.9 Å². The number of hydrogen-bond donors (Lipinski definition) is 0. The van der Waals surface area contributed by atoms with Crippen LogP contribution in [0.2, 0.25) is 4.34 Å². The molecule has 1 aromatic carbocycles. The molecule has 0 bridgehead atoms. The second-order valence-electron chi connectivity index (χ2n) is 7.59. The van der Waals surface area contributed by atoms with Gasteiger partial charge in [-0.15, -0.1) is 11.3 Å². The number of hydrogen-bond acceptors (Lipinski definition) is 7. The normalized spacial score (nSPS) is 18.4. The van der Waals surface area contributed by atoms with Crippen LogP contribution in [0.1, 0.15) is 12.8 Å². The number of halogens is 1. The quantitative estimate of drug-likeness (QED) is 0.536. The van der Waals surface area contributed by atoms with Gasteiger partial charge in [-0.25, -0.2) is 8.42 Å². The Balaban J connectivity index is 1.33. The van der Waals surface area contributed by atoms with Crippen LogP contribution in [0.15, 0.2) is 33.5 Å². The number of piperidine rings is 1. The predicted molar refractivity (Wildman–Crippen MR) is 123 cm³/mol. The zero-order valence-corrected chi connectivity index (χ0v) is 20.3. The van der Waals surface area contributed by atoms with Crippen molar-refractivity contribution in [1.29, 1.82) is 0 Å². The summed E-state index contributed by atoms with van der Waals surface area (Å²) in [6.07, 6.45) is 0.872. The highest BCUT2D eigenvalue weighted by Crippen LogP contribution is 2.35. The summed E-state index contributed by atoms with van der Waals surface area (Å²) in [5, 5.41) is 0. The second-order valence-corrected chi connectivity index (χ2v) is 12.5. The van der Waals surface area contributed by atoms with Crippen molar-refractivity contribution in [2.24, 2.45) is 18.0 Å². The number of ether oxygens (including phenoxy) is 2. The minimum absolute atomic E-state index is 0.222. The van der Waals surface area contributed by atoms with Crippen LogP contribution in [0, 0.1) is 5.92 Å². The van der Waals surface area contributed by atoms with Gasteiger partial charge in [0.2, 0.25) is 0 Å². The molecule has 2 aliphatic rings. The van der Waals surface area contributed by atoms with E-state index >= 15 is 0 Å². The van der Waals surface area contributed by atoms with Crippen LogP contribution < -0.4 is 14.3 Å². The average Bonchev–Trinajstić information content (AvgIpc) is 3.36. The number of rotatable bonds is 3. The van der Waals surface area contributed by atoms with Crippen molar-refractivity contribution in [2.45, 2.75) is 17.1 Å². The van der Waals surface area contributed by atoms with E-state index in [0.29, 0.717) is 46.7 Å². The number of carbonyl (C=O) groups is 1. The van der Waals surface area contributed by atoms with E-state index in [1.165, 1.54) is 21.7 Å². The molecular weight excluding hydrogens is 494 g/mol. The van der Waals surface area contributed by atoms with Crippen LogP contribution in [0.5, 0.6) is 11.5 Å². The van der Waals surface area contributed by atoms with E-state index < -0.39 is 10.0 Å². The maximum absolute atomic E-state index is 12.9. The van der Waals surface area contributed by atoms with Gasteiger partial charge in [0, 0.05) is 38.2 Å². The molecule has 12 heteroatoms. The van der Waals surface area contributed by atoms with Crippen LogP contribution in [0.4, 0.5) is 0 Å². The number of benzene rings is 1. The van der Waals surface area contributed by atoms with Crippen LogP contribution >= 0.6 is 34.3 Å². The number of carbonyl (C=O) groups excluding carboxylic acids is 1. The summed E-state index contributed by atoms with van der Waals surface area (Å²) in [4.78, 5) is 17.8. The first-order chi connectivity index (χ1) is 15.3. The minimum Gasteiger partial charge on any atom is -0.486 e. The van der Waals surface area contributed by atoms with Gasteiger partial charge in [-0.2, -0.15) is 9.30 Å². The molecule has 0 saturated carbocycles. The molecule has 0 radical (unpaired) electrons. The summed E-state index contributed by atoms with van der Waals surface area (Å²) in [7, 11) is -1.72. The molecule has 3 aromatic rings. The molecule has 1 fully saturated rings. The summed E-state index contributed by atoms with van der Waals surface area (Å²) in [6, 6.07) is 6.92. The molecule has 4 heterocycles. The number of thiophene rings is 1. The molecule has 0 N–H and O–H groups in total. The Bertz CT molecular complexity index is 1370. The highest BCUT2D eigenvalue weighted by Gasteiger charge is 2.33. The molecule has 32 heavy (non-hydrogen) atoms. The molecule has 8 nitrogen and oxygen atoms in total. The molecule has 0 aliphatic carbocycles. The van der Waals surface area contributed by atoms with Gasteiger partial charge < -0.3 is 14.0 Å². The highest BCUT2D eigenvalue weighted by molar-refractivity contribution is 7.91. The maximum atomic E-state index is 12.9. The van der Waals surface area contributed by atoms with Crippen LogP contribution in [-0.2, 0) is 21.9 Å². The number of aromatic nitrogens is 1. The van der Waals surface area contributed by atoms with E-state index in [9.17, 15) is 13.2 Å². The lowest BCUT2D eigenvalue weighted by Gasteiger charge is -2.29. The first-order valence-corrected chi connectivity index (χ1v) is 13.5. The molecule has 0 unspecified atom stereocenters. The summed E-state index contributed by atoms with van der Waals surface area (Å²) in [6.45, 7) is 1.59. The number of amides is 1. The Labute approximate surface area is 197 Å². The molecule has 0 spiro atoms. The van der Waals surface area contributed by atoms with Crippen molar-refractivity contribution in [2.75, 3.05) is 26.3 Å². The summed E-state index contributed by atoms with van der Waals surface area (Å²) < 4.78 is 41.7. The first kappa shape index (κ1) is 21.9. The van der Waals surface area contributed by atoms with E-state index in [-0.39, 0.29) is 29.1 Å². The van der Waals surface area contributed by atoms with Gasteiger partial charge in [0.25, 0.3) is 15.9 Å². The Kier molecular flexibility index (Phi) is 5.79. The van der Waals surface area contributed by atoms with E-state index in [1.54, 1.807) is 6.07 Å². The lowest BCUT2D eigenvalue weighted by Crippen LogP contribution is -2.40. The lowest BCUT2D eigenvalue weighted by atomic mass is 9.98. The molecule has 1 amide bonds. The van der Waals surface area contributed by atoms with E-state index in [4.69, 9.17) is 21.1 Å². The summed E-state index contributed by atoms with van der Waals surface area (Å²) in [5.41, 5.74) is 0.918. The SMILES string of the molecule is Cn1c(=NC(=O)C2CCN(S(=O)(=O)c3ccc(Cl)s3)CC2)sc2cc3c(cc21)OCCO3. The Morgan fingerprint density at radius 2 is 1.81 bits per heavy atom. The van der Waals surface area contributed by atoms with E-state index in [2.05, 4.69) is 4.99 Å². The third kappa shape index (κ3) is 3.96. The van der Waals surface area contributed by atoms with E-state index in [1.807, 2.05) is 23.7 Å². The Morgan fingerprint density at radius 3 is 2.47 bits per heavy atom. The fourth-order valence-corrected chi connectivity index (χ4v) is 8.00. The fourth-order valence-electron chi connectivity index (χ4n) is 3.86. The monoisotopic (exact) mass is 513 g/mol. The summed E-state index contributed by atoms with van der Waals surface area (Å²) in [5.74, 6) is 0.860. The zero-order chi connectivity index (χ0) is 22.5. The van der Waals surface area contributed by atoms with Gasteiger partial charge in [0.05, 0.1) is 14.6 Å². The van der Waals surface area contributed by atoms with Crippen molar-refractivity contribution < 1.29 is 22.7 Å². The highest BCUT2D eigenvalue weighted by atomic mass is 35.5. The van der Waals surface area contributed by atoms with Crippen molar-refractivity contribution >= 4 is 60.4 Å². The van der Waals surface area contributed by atoms with Gasteiger partial charge in [0.1, 0.15) is 17.4 Å². The standard InChI is InChI=1S/C20H20ClN3O5S3/c1-23-13-10-14-15(29-9-8-28-14)11-16(13)30-20(23)22-19(25)12-4-6-24(7-5-12)32(26,27)18-3-2-17(21)31-18/h2-3,10-12H,4-9H2,1H3. The summed E-state index contributed by atoms with van der Waals surface area (Å²) >= 11 is 8.35. The smallest absolute Gasteiger partial charge is 0.252 e. The fraction of sp³-hybridized carbons (Fsp3) is 0.400. The lowest BCUT2D eigenvalue weighted by molar-refractivity contribution is -0.122. The molecular formula is C20H20ClN3O5S3. The Hall–Kier alpha value is -1.92. The Morgan fingerprint density at radius 1 is 1.12 bits per heavy atom. The van der Waals surface area contributed by atoms with Gasteiger partial charge in [0.15, 0.2) is 16.3 Å². The molecule has 170 valence electrons. The molecule has 2 aromatic heterocycles. The van der Waals surface area contributed by atoms with Crippen LogP contribution in [0.3, 0.4) is 0 Å². The molecule has 5 rings (SSSR count). The number of nitrogens with zero attached hydrogens (tertiary/aromatic N) is 3. The number of sulfonamides is 1.